The van der Waals surface area contributed by atoms with Gasteiger partial charge in [-0.1, -0.05) is 18.5 Å². The van der Waals surface area contributed by atoms with E-state index in [1.807, 2.05) is 13.0 Å². The third-order valence-electron chi connectivity index (χ3n) is 3.82. The van der Waals surface area contributed by atoms with Gasteiger partial charge < -0.3 is 9.26 Å². The van der Waals surface area contributed by atoms with Gasteiger partial charge in [0.05, 0.1) is 12.2 Å². The number of ether oxygens (including phenoxy) is 1. The number of fused-ring (bicyclic) bond motifs is 1. The molecule has 0 aliphatic rings. The van der Waals surface area contributed by atoms with Crippen molar-refractivity contribution in [3.05, 3.63) is 40.1 Å². The van der Waals surface area contributed by atoms with Gasteiger partial charge in [-0.2, -0.15) is 4.98 Å². The summed E-state index contributed by atoms with van der Waals surface area (Å²) >= 11 is 6.22. The smallest absolute Gasteiger partial charge is 0.379 e. The van der Waals surface area contributed by atoms with Crippen LogP contribution in [-0.2, 0) is 11.2 Å². The molecule has 6 nitrogen and oxygen atoms in total. The quantitative estimate of drug-likeness (QED) is 0.512. The minimum Gasteiger partial charge on any atom is -0.460 e. The number of rotatable bonds is 4. The van der Waals surface area contributed by atoms with E-state index in [0.717, 1.165) is 5.56 Å². The maximum atomic E-state index is 14.3. The predicted molar refractivity (Wildman–Crippen MR) is 90.1 cm³/mol. The van der Waals surface area contributed by atoms with Gasteiger partial charge in [-0.25, -0.2) is 14.2 Å². The van der Waals surface area contributed by atoms with E-state index < -0.39 is 11.8 Å². The Morgan fingerprint density at radius 3 is 2.76 bits per heavy atom. The summed E-state index contributed by atoms with van der Waals surface area (Å²) in [6.45, 7) is 5.56. The third-order valence-corrected chi connectivity index (χ3v) is 4.10. The van der Waals surface area contributed by atoms with Crippen molar-refractivity contribution in [1.82, 2.24) is 15.1 Å². The summed E-state index contributed by atoms with van der Waals surface area (Å²) in [5.41, 5.74) is 2.02. The Hall–Kier alpha value is -2.54. The molecule has 130 valence electrons. The van der Waals surface area contributed by atoms with Crippen molar-refractivity contribution in [3.8, 4) is 11.5 Å². The fraction of sp³-hybridized carbons (Fsp3) is 0.294. The monoisotopic (exact) mass is 363 g/mol. The van der Waals surface area contributed by atoms with Crippen molar-refractivity contribution < 1.29 is 18.4 Å². The van der Waals surface area contributed by atoms with E-state index >= 15 is 0 Å². The second-order valence-electron chi connectivity index (χ2n) is 5.37. The molecule has 0 spiro atoms. The minimum absolute atomic E-state index is 0.0206. The number of pyridine rings is 1. The molecule has 3 rings (SSSR count). The Morgan fingerprint density at radius 1 is 1.32 bits per heavy atom. The van der Waals surface area contributed by atoms with Crippen LogP contribution >= 0.6 is 11.6 Å². The van der Waals surface area contributed by atoms with E-state index in [1.165, 1.54) is 6.07 Å². The first-order valence-electron chi connectivity index (χ1n) is 7.75. The van der Waals surface area contributed by atoms with Gasteiger partial charge in [-0.3, -0.25) is 0 Å². The van der Waals surface area contributed by atoms with Crippen LogP contribution in [0.5, 0.6) is 0 Å². The molecule has 0 bridgehead atoms. The lowest BCUT2D eigenvalue weighted by molar-refractivity contribution is 0.0508. The molecule has 3 aromatic rings. The number of hydrogen-bond donors (Lipinski definition) is 0. The topological polar surface area (TPSA) is 78.1 Å². The summed E-state index contributed by atoms with van der Waals surface area (Å²) in [6.07, 6.45) is 0.678. The number of nitrogens with zero attached hydrogens (tertiary/aromatic N) is 3. The van der Waals surface area contributed by atoms with E-state index in [0.29, 0.717) is 22.9 Å². The highest BCUT2D eigenvalue weighted by Crippen LogP contribution is 2.34. The maximum absolute atomic E-state index is 14.3. The molecular weight excluding hydrogens is 349 g/mol. The summed E-state index contributed by atoms with van der Waals surface area (Å²) in [5, 5.41) is 4.23. The number of carbonyl (C=O) groups is 1. The molecule has 0 saturated carbocycles. The molecule has 1 aromatic carbocycles. The van der Waals surface area contributed by atoms with E-state index in [1.54, 1.807) is 13.8 Å². The second kappa shape index (κ2) is 6.76. The van der Waals surface area contributed by atoms with E-state index in [9.17, 15) is 9.18 Å². The highest BCUT2D eigenvalue weighted by atomic mass is 35.5. The maximum Gasteiger partial charge on any atom is 0.379 e. The largest absolute Gasteiger partial charge is 0.460 e. The zero-order valence-electron chi connectivity index (χ0n) is 13.9. The number of benzene rings is 1. The third kappa shape index (κ3) is 3.07. The molecule has 0 fully saturated rings. The van der Waals surface area contributed by atoms with Crippen LogP contribution in [0.2, 0.25) is 5.15 Å². The standard InChI is InChI=1S/C17H15ClFN3O3/c1-4-9-6-10-8(3)12(14(18)20-13(10)11(19)7-9)16-21-15(22-25-16)17(23)24-5-2/h6-7H,4-5H2,1-3H3. The highest BCUT2D eigenvalue weighted by Gasteiger charge is 2.23. The minimum atomic E-state index is -0.695. The molecule has 0 amide bonds. The lowest BCUT2D eigenvalue weighted by Gasteiger charge is -2.10. The zero-order valence-corrected chi connectivity index (χ0v) is 14.6. The Morgan fingerprint density at radius 2 is 2.08 bits per heavy atom. The predicted octanol–water partition coefficient (Wildman–Crippen LogP) is 4.12. The SMILES string of the molecule is CCOC(=O)c1noc(-c2c(Cl)nc3c(F)cc(CC)cc3c2C)n1. The Bertz CT molecular complexity index is 971. The highest BCUT2D eigenvalue weighted by molar-refractivity contribution is 6.32. The van der Waals surface area contributed by atoms with Crippen molar-refractivity contribution in [2.24, 2.45) is 0 Å². The molecule has 0 radical (unpaired) electrons. The van der Waals surface area contributed by atoms with Crippen LogP contribution in [0, 0.1) is 12.7 Å². The molecule has 0 atom stereocenters. The fourth-order valence-corrected chi connectivity index (χ4v) is 2.86. The Labute approximate surface area is 148 Å². The number of esters is 1. The lowest BCUT2D eigenvalue weighted by atomic mass is 10.0. The summed E-state index contributed by atoms with van der Waals surface area (Å²) in [5.74, 6) is -1.31. The van der Waals surface area contributed by atoms with Gasteiger partial charge in [-0.15, -0.1) is 0 Å². The van der Waals surface area contributed by atoms with E-state index in [2.05, 4.69) is 15.1 Å². The molecule has 0 aliphatic carbocycles. The van der Waals surface area contributed by atoms with Gasteiger partial charge in [0, 0.05) is 5.39 Å². The van der Waals surface area contributed by atoms with Gasteiger partial charge in [0.1, 0.15) is 16.5 Å². The van der Waals surface area contributed by atoms with Gasteiger partial charge in [-0.05, 0) is 48.7 Å². The lowest BCUT2D eigenvalue weighted by Crippen LogP contribution is -2.06. The molecular formula is C17H15ClFN3O3. The Balaban J connectivity index is 2.18. The van der Waals surface area contributed by atoms with Crippen molar-refractivity contribution >= 4 is 28.5 Å². The molecule has 2 heterocycles. The number of aromatic nitrogens is 3. The number of halogens is 2. The summed E-state index contributed by atoms with van der Waals surface area (Å²) < 4.78 is 24.3. The number of aryl methyl sites for hydroxylation is 2. The first-order valence-corrected chi connectivity index (χ1v) is 8.13. The van der Waals surface area contributed by atoms with Gasteiger partial charge in [0.2, 0.25) is 0 Å². The van der Waals surface area contributed by atoms with E-state index in [-0.39, 0.29) is 29.0 Å². The van der Waals surface area contributed by atoms with Crippen LogP contribution in [0.25, 0.3) is 22.4 Å². The first kappa shape index (κ1) is 17.3. The zero-order chi connectivity index (χ0) is 18.1. The average molecular weight is 364 g/mol. The van der Waals surface area contributed by atoms with Crippen molar-refractivity contribution in [2.45, 2.75) is 27.2 Å². The van der Waals surface area contributed by atoms with Crippen LogP contribution in [0.3, 0.4) is 0 Å². The van der Waals surface area contributed by atoms with Crippen LogP contribution in [0.15, 0.2) is 16.7 Å². The molecule has 8 heteroatoms. The van der Waals surface area contributed by atoms with E-state index in [4.69, 9.17) is 20.9 Å². The van der Waals surface area contributed by atoms with Crippen LogP contribution in [-0.4, -0.2) is 27.7 Å². The van der Waals surface area contributed by atoms with Crippen LogP contribution < -0.4 is 0 Å². The number of carbonyl (C=O) groups excluding carboxylic acids is 1. The summed E-state index contributed by atoms with van der Waals surface area (Å²) in [4.78, 5) is 19.8. The molecule has 25 heavy (non-hydrogen) atoms. The van der Waals surface area contributed by atoms with Crippen LogP contribution in [0.4, 0.5) is 4.39 Å². The van der Waals surface area contributed by atoms with Gasteiger partial charge >= 0.3 is 5.97 Å². The molecule has 2 aromatic heterocycles. The fourth-order valence-electron chi connectivity index (χ4n) is 2.55. The van der Waals surface area contributed by atoms with Gasteiger partial charge in [0.15, 0.2) is 0 Å². The molecule has 0 aliphatic heterocycles. The second-order valence-corrected chi connectivity index (χ2v) is 5.73. The van der Waals surface area contributed by atoms with Gasteiger partial charge in [0.25, 0.3) is 11.7 Å². The molecule has 0 unspecified atom stereocenters. The first-order chi connectivity index (χ1) is 12.0. The number of hydrogen-bond acceptors (Lipinski definition) is 6. The van der Waals surface area contributed by atoms with Crippen molar-refractivity contribution in [3.63, 3.8) is 0 Å². The molecule has 0 N–H and O–H groups in total. The summed E-state index contributed by atoms with van der Waals surface area (Å²) in [7, 11) is 0. The molecule has 0 saturated heterocycles. The van der Waals surface area contributed by atoms with Crippen molar-refractivity contribution in [2.75, 3.05) is 6.61 Å². The van der Waals surface area contributed by atoms with Crippen LogP contribution in [0.1, 0.15) is 35.6 Å². The summed E-state index contributed by atoms with van der Waals surface area (Å²) in [6, 6.07) is 3.29. The normalized spacial score (nSPS) is 11.1. The average Bonchev–Trinajstić information content (AvgIpc) is 3.05. The Kier molecular flexibility index (Phi) is 4.67. The van der Waals surface area contributed by atoms with Crippen molar-refractivity contribution in [1.29, 1.82) is 0 Å².